The Morgan fingerprint density at radius 1 is 0.389 bits per heavy atom. The summed E-state index contributed by atoms with van der Waals surface area (Å²) in [6.45, 7) is 1.62. The normalized spacial score (nSPS) is 27.7. The molecule has 3 aliphatic heterocycles. The van der Waals surface area contributed by atoms with Gasteiger partial charge in [0.15, 0.2) is 18.9 Å². The van der Waals surface area contributed by atoms with Crippen LogP contribution in [-0.2, 0) is 33.2 Å². The van der Waals surface area contributed by atoms with Gasteiger partial charge in [0, 0.05) is 6.42 Å². The van der Waals surface area contributed by atoms with Gasteiger partial charge in [-0.25, -0.2) is 0 Å². The quantitative estimate of drug-likeness (QED) is 0.0199. The van der Waals surface area contributed by atoms with Crippen molar-refractivity contribution in [3.8, 4) is 0 Å². The molecular formula is C76H133NO18. The number of amides is 1. The highest BCUT2D eigenvalue weighted by atomic mass is 16.8. The van der Waals surface area contributed by atoms with Crippen LogP contribution in [0.4, 0.5) is 0 Å². The minimum Gasteiger partial charge on any atom is -0.394 e. The summed E-state index contributed by atoms with van der Waals surface area (Å²) in [5.74, 6) is -0.276. The van der Waals surface area contributed by atoms with Gasteiger partial charge < -0.3 is 89.9 Å². The molecule has 0 aliphatic carbocycles. The van der Waals surface area contributed by atoms with E-state index in [4.69, 9.17) is 28.4 Å². The standard InChI is InChI=1S/C76H133NO18/c1-3-5-7-9-11-13-15-17-19-20-21-22-23-24-25-26-27-28-29-30-31-32-33-34-35-36-37-38-40-42-44-46-48-50-52-54-64(82)77-59(60(81)53-51-49-47-45-43-41-39-18-16-14-12-10-8-6-4-2)58-90-74-70(88)67(85)72(62(56-79)92-74)95-76-71(89)68(86)73(63(57-80)93-76)94-75-69(87)66(84)65(83)61(55-78)91-75/h5,7,11,13,17,19,21-22,24-25,27-28,51,53,59-63,65-76,78-81,83-89H,3-4,6,8-10,12,14-16,18,20,23,26,29-50,52,54-58H2,1-2H3,(H,77,82)/b7-5-,13-11-,19-17-,22-21-,25-24-,28-27-,53-51+. The van der Waals surface area contributed by atoms with E-state index in [-0.39, 0.29) is 18.9 Å². The average molecular weight is 1350 g/mol. The smallest absolute Gasteiger partial charge is 0.220 e. The van der Waals surface area contributed by atoms with Crippen LogP contribution in [0.2, 0.25) is 0 Å². The Labute approximate surface area is 571 Å². The number of carbonyl (C=O) groups is 1. The molecule has 3 saturated heterocycles. The molecule has 3 fully saturated rings. The van der Waals surface area contributed by atoms with Gasteiger partial charge in [0.05, 0.1) is 38.6 Å². The summed E-state index contributed by atoms with van der Waals surface area (Å²) in [5.41, 5.74) is 0. The molecule has 19 nitrogen and oxygen atoms in total. The maximum absolute atomic E-state index is 13.4. The Kier molecular flexibility index (Phi) is 51.4. The molecule has 1 amide bonds. The Bertz CT molecular complexity index is 2050. The third kappa shape index (κ3) is 37.8. The molecule has 17 atom stereocenters. The SMILES string of the molecule is CC/C=C\C/C=C\C/C=C\C/C=C\C/C=C\C/C=C\CCCCCCCCCCCCCCCCCCC(=O)NC(COC1OC(CO)C(OC2OC(CO)C(OC3OC(CO)C(O)C(O)C3O)C(O)C2O)C(O)C1O)C(O)/C=C/CCCCCCCCCCCCCCC. The van der Waals surface area contributed by atoms with Crippen LogP contribution in [0.15, 0.2) is 85.1 Å². The van der Waals surface area contributed by atoms with Crippen LogP contribution in [0.1, 0.15) is 258 Å². The van der Waals surface area contributed by atoms with E-state index in [9.17, 15) is 61.0 Å². The first-order valence-corrected chi connectivity index (χ1v) is 37.3. The van der Waals surface area contributed by atoms with Crippen LogP contribution in [0, 0.1) is 0 Å². The van der Waals surface area contributed by atoms with Crippen molar-refractivity contribution in [2.45, 2.75) is 362 Å². The summed E-state index contributed by atoms with van der Waals surface area (Å²) < 4.78 is 34.4. The molecule has 17 unspecified atom stereocenters. The van der Waals surface area contributed by atoms with E-state index in [1.165, 1.54) is 148 Å². The van der Waals surface area contributed by atoms with E-state index in [0.717, 1.165) is 83.5 Å². The third-order valence-electron chi connectivity index (χ3n) is 18.2. The molecule has 0 aromatic rings. The van der Waals surface area contributed by atoms with E-state index in [1.807, 2.05) is 6.08 Å². The zero-order valence-electron chi connectivity index (χ0n) is 58.4. The van der Waals surface area contributed by atoms with Gasteiger partial charge in [-0.3, -0.25) is 4.79 Å². The lowest BCUT2D eigenvalue weighted by atomic mass is 9.96. The van der Waals surface area contributed by atoms with Gasteiger partial charge >= 0.3 is 0 Å². The zero-order chi connectivity index (χ0) is 68.9. The fraction of sp³-hybridized carbons (Fsp3) is 0.803. The van der Waals surface area contributed by atoms with Crippen molar-refractivity contribution >= 4 is 5.91 Å². The summed E-state index contributed by atoms with van der Waals surface area (Å²) >= 11 is 0. The lowest BCUT2D eigenvalue weighted by Gasteiger charge is -2.48. The molecule has 0 radical (unpaired) electrons. The third-order valence-corrected chi connectivity index (χ3v) is 18.2. The van der Waals surface area contributed by atoms with E-state index in [0.29, 0.717) is 6.42 Å². The van der Waals surface area contributed by atoms with Crippen molar-refractivity contribution in [1.82, 2.24) is 5.32 Å². The fourth-order valence-electron chi connectivity index (χ4n) is 12.2. The summed E-state index contributed by atoms with van der Waals surface area (Å²) in [6, 6.07) is -0.976. The molecule has 0 bridgehead atoms. The van der Waals surface area contributed by atoms with Gasteiger partial charge in [0.25, 0.3) is 0 Å². The molecule has 19 heteroatoms. The van der Waals surface area contributed by atoms with Crippen molar-refractivity contribution in [2.24, 2.45) is 0 Å². The van der Waals surface area contributed by atoms with Gasteiger partial charge in [-0.15, -0.1) is 0 Å². The Morgan fingerprint density at radius 3 is 1.14 bits per heavy atom. The number of hydrogen-bond acceptors (Lipinski definition) is 18. The first-order valence-electron chi connectivity index (χ1n) is 37.3. The van der Waals surface area contributed by atoms with E-state index in [1.54, 1.807) is 6.08 Å². The second kappa shape index (κ2) is 56.7. The fourth-order valence-corrected chi connectivity index (χ4v) is 12.2. The predicted molar refractivity (Wildman–Crippen MR) is 374 cm³/mol. The van der Waals surface area contributed by atoms with Crippen LogP contribution in [0.25, 0.3) is 0 Å². The van der Waals surface area contributed by atoms with Crippen LogP contribution < -0.4 is 5.32 Å². The van der Waals surface area contributed by atoms with Crippen molar-refractivity contribution in [2.75, 3.05) is 26.4 Å². The Morgan fingerprint density at radius 2 is 0.726 bits per heavy atom. The number of carbonyl (C=O) groups excluding carboxylic acids is 1. The van der Waals surface area contributed by atoms with E-state index < -0.39 is 124 Å². The summed E-state index contributed by atoms with van der Waals surface area (Å²) in [7, 11) is 0. The highest BCUT2D eigenvalue weighted by molar-refractivity contribution is 5.76. The number of unbranched alkanes of at least 4 members (excludes halogenated alkanes) is 29. The molecule has 3 heterocycles. The van der Waals surface area contributed by atoms with Crippen molar-refractivity contribution in [1.29, 1.82) is 0 Å². The minimum absolute atomic E-state index is 0.241. The Balaban J connectivity index is 1.35. The van der Waals surface area contributed by atoms with Crippen LogP contribution in [-0.4, -0.2) is 193 Å². The molecule has 0 aromatic heterocycles. The number of allylic oxidation sites excluding steroid dienone is 13. The molecule has 12 N–H and O–H groups in total. The first kappa shape index (κ1) is 86.2. The summed E-state index contributed by atoms with van der Waals surface area (Å²) in [5, 5.41) is 121. The maximum atomic E-state index is 13.4. The number of aliphatic hydroxyl groups excluding tert-OH is 11. The summed E-state index contributed by atoms with van der Waals surface area (Å²) in [6.07, 6.45) is 47.1. The number of ether oxygens (including phenoxy) is 6. The highest BCUT2D eigenvalue weighted by Crippen LogP contribution is 2.33. The van der Waals surface area contributed by atoms with Gasteiger partial charge in [0.2, 0.25) is 5.91 Å². The average Bonchev–Trinajstić information content (AvgIpc) is 0.799. The first-order chi connectivity index (χ1) is 46.3. The van der Waals surface area contributed by atoms with Crippen LogP contribution in [0.3, 0.4) is 0 Å². The second-order valence-electron chi connectivity index (χ2n) is 26.4. The van der Waals surface area contributed by atoms with Crippen molar-refractivity contribution < 1.29 is 89.4 Å². The number of hydrogen-bond donors (Lipinski definition) is 12. The van der Waals surface area contributed by atoms with Gasteiger partial charge in [-0.05, 0) is 70.6 Å². The number of rotatable bonds is 57. The van der Waals surface area contributed by atoms with Crippen molar-refractivity contribution in [3.63, 3.8) is 0 Å². The molecule has 95 heavy (non-hydrogen) atoms. The largest absolute Gasteiger partial charge is 0.394 e. The highest BCUT2D eigenvalue weighted by Gasteiger charge is 2.53. The minimum atomic E-state index is -1.98. The maximum Gasteiger partial charge on any atom is 0.220 e. The lowest BCUT2D eigenvalue weighted by molar-refractivity contribution is -0.379. The molecule has 0 saturated carbocycles. The Hall–Kier alpha value is -3.03. The second-order valence-corrected chi connectivity index (χ2v) is 26.4. The zero-order valence-corrected chi connectivity index (χ0v) is 58.4. The molecule has 550 valence electrons. The topological polar surface area (TPSA) is 307 Å². The van der Waals surface area contributed by atoms with Crippen LogP contribution >= 0.6 is 0 Å². The number of aliphatic hydroxyl groups is 11. The van der Waals surface area contributed by atoms with Crippen LogP contribution in [0.5, 0.6) is 0 Å². The lowest BCUT2D eigenvalue weighted by Crippen LogP contribution is -2.66. The van der Waals surface area contributed by atoms with Gasteiger partial charge in [-0.2, -0.15) is 0 Å². The molecule has 3 aliphatic rings. The molecule has 0 spiro atoms. The summed E-state index contributed by atoms with van der Waals surface area (Å²) in [4.78, 5) is 13.4. The van der Waals surface area contributed by atoms with E-state index in [2.05, 4.69) is 92.1 Å². The van der Waals surface area contributed by atoms with Crippen molar-refractivity contribution in [3.05, 3.63) is 85.1 Å². The molecular weight excluding hydrogens is 1210 g/mol. The van der Waals surface area contributed by atoms with E-state index >= 15 is 0 Å². The predicted octanol–water partition coefficient (Wildman–Crippen LogP) is 11.1. The van der Waals surface area contributed by atoms with Gasteiger partial charge in [-0.1, -0.05) is 266 Å². The number of nitrogens with one attached hydrogen (secondary N) is 1. The van der Waals surface area contributed by atoms with Gasteiger partial charge in [0.1, 0.15) is 73.2 Å². The molecule has 0 aromatic carbocycles. The monoisotopic (exact) mass is 1350 g/mol. The molecule has 3 rings (SSSR count).